The Morgan fingerprint density at radius 3 is 2.60 bits per heavy atom. The van der Waals surface area contributed by atoms with Crippen molar-refractivity contribution in [3.63, 3.8) is 0 Å². The van der Waals surface area contributed by atoms with Crippen LogP contribution in [0.5, 0.6) is 5.75 Å². The second kappa shape index (κ2) is 5.54. The van der Waals surface area contributed by atoms with Crippen LogP contribution in [0.2, 0.25) is 0 Å². The molecule has 1 heterocycles. The predicted octanol–water partition coefficient (Wildman–Crippen LogP) is 4.05. The molecule has 0 saturated carbocycles. The predicted molar refractivity (Wildman–Crippen MR) is 81.6 cm³/mol. The van der Waals surface area contributed by atoms with E-state index in [-0.39, 0.29) is 0 Å². The van der Waals surface area contributed by atoms with Crippen LogP contribution in [-0.4, -0.2) is 4.57 Å². The molecule has 0 radical (unpaired) electrons. The molecule has 0 unspecified atom stereocenters. The van der Waals surface area contributed by atoms with Gasteiger partial charge in [0.2, 0.25) is 0 Å². The summed E-state index contributed by atoms with van der Waals surface area (Å²) in [7, 11) is 0. The summed E-state index contributed by atoms with van der Waals surface area (Å²) in [6.07, 6.45) is 4.72. The highest BCUT2D eigenvalue weighted by Crippen LogP contribution is 2.18. The highest BCUT2D eigenvalue weighted by Gasteiger charge is 2.01. The van der Waals surface area contributed by atoms with Gasteiger partial charge in [-0.15, -0.1) is 0 Å². The van der Waals surface area contributed by atoms with Gasteiger partial charge >= 0.3 is 0 Å². The number of nitrogens with zero attached hydrogens (tertiary/aromatic N) is 1. The maximum atomic E-state index is 5.25. The fraction of sp³-hybridized carbons (Fsp3) is 0.111. The summed E-state index contributed by atoms with van der Waals surface area (Å²) in [6, 6.07) is 18.6. The quantitative estimate of drug-likeness (QED) is 0.649. The molecule has 0 aliphatic heterocycles. The van der Waals surface area contributed by atoms with Gasteiger partial charge in [-0.05, 0) is 35.2 Å². The number of hydrogen-bond donors (Lipinski definition) is 0. The lowest BCUT2D eigenvalue weighted by atomic mass is 10.2. The van der Waals surface area contributed by atoms with E-state index in [1.807, 2.05) is 12.1 Å². The molecule has 0 spiro atoms. The van der Waals surface area contributed by atoms with Crippen LogP contribution in [0.15, 0.2) is 60.8 Å². The maximum Gasteiger partial charge on any atom is 0.140 e. The lowest BCUT2D eigenvalue weighted by molar-refractivity contribution is 0.519. The molecule has 3 aromatic rings. The molecule has 1 aromatic heterocycles. The zero-order valence-corrected chi connectivity index (χ0v) is 11.3. The number of rotatable bonds is 3. The molecule has 20 heavy (non-hydrogen) atoms. The van der Waals surface area contributed by atoms with E-state index in [1.165, 1.54) is 16.5 Å². The van der Waals surface area contributed by atoms with Gasteiger partial charge in [0.1, 0.15) is 11.9 Å². The van der Waals surface area contributed by atoms with Crippen LogP contribution in [0.4, 0.5) is 0 Å². The molecule has 2 nitrogen and oxygen atoms in total. The summed E-state index contributed by atoms with van der Waals surface area (Å²) in [5.74, 6) is 3.49. The van der Waals surface area contributed by atoms with Gasteiger partial charge in [0.25, 0.3) is 0 Å². The summed E-state index contributed by atoms with van der Waals surface area (Å²) in [6.45, 7) is 2.61. The summed E-state index contributed by atoms with van der Waals surface area (Å²) in [5, 5.41) is 1.27. The van der Waals surface area contributed by atoms with E-state index in [2.05, 4.69) is 65.3 Å². The van der Waals surface area contributed by atoms with Crippen molar-refractivity contribution < 1.29 is 4.74 Å². The van der Waals surface area contributed by atoms with Crippen molar-refractivity contribution >= 4 is 10.9 Å². The summed E-state index contributed by atoms with van der Waals surface area (Å²) < 4.78 is 7.49. The Bertz CT molecular complexity index is 772. The zero-order valence-electron chi connectivity index (χ0n) is 11.3. The molecule has 98 valence electrons. The second-order valence-electron chi connectivity index (χ2n) is 4.60. The van der Waals surface area contributed by atoms with E-state index >= 15 is 0 Å². The van der Waals surface area contributed by atoms with Gasteiger partial charge in [-0.3, -0.25) is 0 Å². The van der Waals surface area contributed by atoms with Crippen molar-refractivity contribution in [1.29, 1.82) is 0 Å². The zero-order chi connectivity index (χ0) is 13.8. The van der Waals surface area contributed by atoms with Gasteiger partial charge in [0, 0.05) is 25.2 Å². The fourth-order valence-electron chi connectivity index (χ4n) is 2.25. The highest BCUT2D eigenvalue weighted by atomic mass is 16.5. The Morgan fingerprint density at radius 1 is 1.00 bits per heavy atom. The first-order chi connectivity index (χ1) is 9.86. The lowest BCUT2D eigenvalue weighted by Gasteiger charge is -2.06. The van der Waals surface area contributed by atoms with E-state index in [0.29, 0.717) is 0 Å². The van der Waals surface area contributed by atoms with Crippen molar-refractivity contribution in [3.05, 3.63) is 66.4 Å². The molecule has 2 aromatic carbocycles. The van der Waals surface area contributed by atoms with Crippen molar-refractivity contribution in [2.24, 2.45) is 0 Å². The van der Waals surface area contributed by atoms with Crippen molar-refractivity contribution in [2.75, 3.05) is 0 Å². The Morgan fingerprint density at radius 2 is 1.80 bits per heavy atom. The number of fused-ring (bicyclic) bond motifs is 1. The fourth-order valence-corrected chi connectivity index (χ4v) is 2.25. The highest BCUT2D eigenvalue weighted by molar-refractivity contribution is 5.80. The van der Waals surface area contributed by atoms with E-state index < -0.39 is 0 Å². The van der Waals surface area contributed by atoms with Crippen LogP contribution in [0.1, 0.15) is 12.5 Å². The normalized spacial score (nSPS) is 10.1. The van der Waals surface area contributed by atoms with Crippen molar-refractivity contribution in [1.82, 2.24) is 4.57 Å². The molecule has 0 N–H and O–H groups in total. The van der Waals surface area contributed by atoms with Gasteiger partial charge in [0.05, 0.1) is 0 Å². The lowest BCUT2D eigenvalue weighted by Crippen LogP contribution is -1.97. The number of aromatic nitrogens is 1. The maximum absolute atomic E-state index is 5.25. The average molecular weight is 261 g/mol. The molecule has 0 aliphatic rings. The summed E-state index contributed by atoms with van der Waals surface area (Å²) in [4.78, 5) is 0. The Hall–Kier alpha value is -2.66. The first-order valence-corrected chi connectivity index (χ1v) is 6.58. The minimum atomic E-state index is 0.778. The minimum absolute atomic E-state index is 0.778. The first-order valence-electron chi connectivity index (χ1n) is 6.58. The molecule has 0 bridgehead atoms. The smallest absolute Gasteiger partial charge is 0.140 e. The van der Waals surface area contributed by atoms with Crippen LogP contribution in [0.25, 0.3) is 10.9 Å². The van der Waals surface area contributed by atoms with E-state index in [9.17, 15) is 0 Å². The van der Waals surface area contributed by atoms with Crippen LogP contribution >= 0.6 is 0 Å². The van der Waals surface area contributed by atoms with Crippen LogP contribution in [0.3, 0.4) is 0 Å². The minimum Gasteiger partial charge on any atom is -0.408 e. The van der Waals surface area contributed by atoms with E-state index in [1.54, 1.807) is 6.92 Å². The largest absolute Gasteiger partial charge is 0.408 e. The molecule has 2 heteroatoms. The number of benzene rings is 2. The topological polar surface area (TPSA) is 14.2 Å². The van der Waals surface area contributed by atoms with Crippen molar-refractivity contribution in [3.8, 4) is 17.8 Å². The monoisotopic (exact) mass is 261 g/mol. The number of ether oxygens (including phenoxy) is 1. The molecule has 0 saturated heterocycles. The Labute approximate surface area is 118 Å². The van der Waals surface area contributed by atoms with Crippen molar-refractivity contribution in [2.45, 2.75) is 13.5 Å². The molecular formula is C18H15NO. The summed E-state index contributed by atoms with van der Waals surface area (Å²) >= 11 is 0. The third-order valence-corrected chi connectivity index (χ3v) is 3.23. The standard InChI is InChI=1S/C18H15NO/c1-2-13-20-17-9-7-15(8-10-17)14-19-12-11-16-5-3-4-6-18(16)19/h3-12H,14H2,1H3. The molecule has 0 atom stereocenters. The third kappa shape index (κ3) is 2.53. The number of hydrogen-bond acceptors (Lipinski definition) is 1. The first kappa shape index (κ1) is 12.4. The summed E-state index contributed by atoms with van der Waals surface area (Å²) in [5.41, 5.74) is 2.49. The van der Waals surface area contributed by atoms with Gasteiger partial charge in [-0.2, -0.15) is 0 Å². The number of para-hydroxylation sites is 1. The van der Waals surface area contributed by atoms with E-state index in [4.69, 9.17) is 4.74 Å². The SMILES string of the molecule is CC#COc1ccc(Cn2ccc3ccccc32)cc1. The molecule has 0 amide bonds. The Balaban J connectivity index is 1.81. The van der Waals surface area contributed by atoms with Gasteiger partial charge < -0.3 is 9.30 Å². The van der Waals surface area contributed by atoms with Gasteiger partial charge in [-0.1, -0.05) is 36.3 Å². The van der Waals surface area contributed by atoms with Crippen LogP contribution in [0, 0.1) is 12.0 Å². The molecular weight excluding hydrogens is 246 g/mol. The Kier molecular flexibility index (Phi) is 3.43. The van der Waals surface area contributed by atoms with Gasteiger partial charge in [-0.25, -0.2) is 0 Å². The second-order valence-corrected chi connectivity index (χ2v) is 4.60. The van der Waals surface area contributed by atoms with Crippen LogP contribution < -0.4 is 4.74 Å². The van der Waals surface area contributed by atoms with Crippen LogP contribution in [-0.2, 0) is 6.54 Å². The van der Waals surface area contributed by atoms with E-state index in [0.717, 1.165) is 12.3 Å². The molecule has 0 aliphatic carbocycles. The average Bonchev–Trinajstić information content (AvgIpc) is 2.90. The molecule has 0 fully saturated rings. The van der Waals surface area contributed by atoms with Gasteiger partial charge in [0.15, 0.2) is 0 Å². The molecule has 3 rings (SSSR count). The third-order valence-electron chi connectivity index (χ3n) is 3.23.